The molecule has 1 heterocycles. The summed E-state index contributed by atoms with van der Waals surface area (Å²) in [7, 11) is 0. The molecule has 1 saturated carbocycles. The predicted molar refractivity (Wildman–Crippen MR) is 102 cm³/mol. The largest absolute Gasteiger partial charge is 0.336 e. The van der Waals surface area contributed by atoms with Gasteiger partial charge in [-0.15, -0.1) is 11.8 Å². The Balaban J connectivity index is 1.54. The second kappa shape index (κ2) is 8.26. The van der Waals surface area contributed by atoms with Gasteiger partial charge >= 0.3 is 0 Å². The molecule has 1 atom stereocenters. The van der Waals surface area contributed by atoms with E-state index in [9.17, 15) is 9.59 Å². The van der Waals surface area contributed by atoms with Crippen molar-refractivity contribution in [1.29, 1.82) is 0 Å². The molecule has 1 aromatic rings. The molecule has 2 aliphatic rings. The van der Waals surface area contributed by atoms with Crippen molar-refractivity contribution >= 4 is 23.6 Å². The van der Waals surface area contributed by atoms with E-state index in [1.807, 2.05) is 11.8 Å². The number of nitrogens with zero attached hydrogens (tertiary/aromatic N) is 2. The second-order valence-electron chi connectivity index (χ2n) is 7.21. The highest BCUT2D eigenvalue weighted by atomic mass is 32.2. The van der Waals surface area contributed by atoms with Gasteiger partial charge in [0, 0.05) is 24.0 Å². The number of carbonyl (C=O) groups excluding carboxylic acids is 2. The normalized spacial score (nSPS) is 20.6. The number of amides is 2. The van der Waals surface area contributed by atoms with Gasteiger partial charge in [0.2, 0.25) is 11.8 Å². The molecule has 0 radical (unpaired) electrons. The van der Waals surface area contributed by atoms with Gasteiger partial charge < -0.3 is 9.80 Å². The van der Waals surface area contributed by atoms with Crippen molar-refractivity contribution in [1.82, 2.24) is 9.80 Å². The SMILES string of the molecule is Cc1ccc(SC(C)C(=O)N2CCN(C3CCCCC3)C(=O)C2)cc1. The second-order valence-corrected chi connectivity index (χ2v) is 8.63. The van der Waals surface area contributed by atoms with Gasteiger partial charge in [-0.25, -0.2) is 0 Å². The first-order chi connectivity index (χ1) is 12.0. The standard InChI is InChI=1S/C20H28N2O2S/c1-15-8-10-18(11-9-15)25-16(2)20(24)21-12-13-22(19(23)14-21)17-6-4-3-5-7-17/h8-11,16-17H,3-7,12-14H2,1-2H3. The number of hydrogen-bond acceptors (Lipinski definition) is 3. The molecule has 4 nitrogen and oxygen atoms in total. The van der Waals surface area contributed by atoms with E-state index in [-0.39, 0.29) is 23.6 Å². The maximum absolute atomic E-state index is 12.7. The third-order valence-corrected chi connectivity index (χ3v) is 6.37. The zero-order chi connectivity index (χ0) is 17.8. The summed E-state index contributed by atoms with van der Waals surface area (Å²) in [4.78, 5) is 30.2. The molecule has 1 saturated heterocycles. The Bertz CT molecular complexity index is 611. The van der Waals surface area contributed by atoms with E-state index in [2.05, 4.69) is 31.2 Å². The molecule has 1 aliphatic carbocycles. The van der Waals surface area contributed by atoms with Crippen LogP contribution in [0.5, 0.6) is 0 Å². The maximum atomic E-state index is 12.7. The van der Waals surface area contributed by atoms with Crippen LogP contribution in [0.4, 0.5) is 0 Å². The van der Waals surface area contributed by atoms with Crippen LogP contribution in [-0.4, -0.2) is 52.5 Å². The van der Waals surface area contributed by atoms with Crippen LogP contribution in [-0.2, 0) is 9.59 Å². The molecule has 1 aliphatic heterocycles. The van der Waals surface area contributed by atoms with E-state index in [1.54, 1.807) is 16.7 Å². The first kappa shape index (κ1) is 18.3. The molecule has 3 rings (SSSR count). The number of carbonyl (C=O) groups is 2. The molecule has 1 aromatic carbocycles. The van der Waals surface area contributed by atoms with E-state index in [0.29, 0.717) is 19.1 Å². The fraction of sp³-hybridized carbons (Fsp3) is 0.600. The summed E-state index contributed by atoms with van der Waals surface area (Å²) in [6, 6.07) is 8.63. The molecular weight excluding hydrogens is 332 g/mol. The molecule has 2 amide bonds. The van der Waals surface area contributed by atoms with E-state index >= 15 is 0 Å². The highest BCUT2D eigenvalue weighted by molar-refractivity contribution is 8.00. The summed E-state index contributed by atoms with van der Waals surface area (Å²) < 4.78 is 0. The minimum atomic E-state index is -0.170. The maximum Gasteiger partial charge on any atom is 0.242 e. The Kier molecular flexibility index (Phi) is 6.05. The lowest BCUT2D eigenvalue weighted by atomic mass is 9.93. The Labute approximate surface area is 154 Å². The highest BCUT2D eigenvalue weighted by Gasteiger charge is 2.33. The third-order valence-electron chi connectivity index (χ3n) is 5.27. The molecule has 5 heteroatoms. The van der Waals surface area contributed by atoms with Crippen molar-refractivity contribution in [2.75, 3.05) is 19.6 Å². The number of rotatable bonds is 4. The summed E-state index contributed by atoms with van der Waals surface area (Å²) >= 11 is 1.57. The first-order valence-corrected chi connectivity index (χ1v) is 10.2. The average molecular weight is 361 g/mol. The van der Waals surface area contributed by atoms with Crippen molar-refractivity contribution in [2.45, 2.75) is 62.1 Å². The number of benzene rings is 1. The summed E-state index contributed by atoms with van der Waals surface area (Å²) in [6.45, 7) is 5.59. The topological polar surface area (TPSA) is 40.6 Å². The monoisotopic (exact) mass is 360 g/mol. The molecule has 0 N–H and O–H groups in total. The lowest BCUT2D eigenvalue weighted by molar-refractivity contribution is -0.147. The lowest BCUT2D eigenvalue weighted by Gasteiger charge is -2.41. The molecule has 0 aromatic heterocycles. The minimum absolute atomic E-state index is 0.0715. The van der Waals surface area contributed by atoms with Crippen LogP contribution < -0.4 is 0 Å². The van der Waals surface area contributed by atoms with Gasteiger partial charge in [0.1, 0.15) is 0 Å². The molecule has 2 fully saturated rings. The van der Waals surface area contributed by atoms with Gasteiger partial charge in [-0.1, -0.05) is 37.0 Å². The molecule has 25 heavy (non-hydrogen) atoms. The number of thioether (sulfide) groups is 1. The predicted octanol–water partition coefficient (Wildman–Crippen LogP) is 3.48. The number of piperazine rings is 1. The summed E-state index contributed by atoms with van der Waals surface area (Å²) in [5, 5.41) is -0.170. The van der Waals surface area contributed by atoms with Gasteiger partial charge in [0.15, 0.2) is 0 Å². The quantitative estimate of drug-likeness (QED) is 0.772. The van der Waals surface area contributed by atoms with Crippen LogP contribution in [0.1, 0.15) is 44.6 Å². The highest BCUT2D eigenvalue weighted by Crippen LogP contribution is 2.27. The molecule has 0 bridgehead atoms. The van der Waals surface area contributed by atoms with Gasteiger partial charge in [-0.2, -0.15) is 0 Å². The van der Waals surface area contributed by atoms with Crippen molar-refractivity contribution in [3.05, 3.63) is 29.8 Å². The van der Waals surface area contributed by atoms with Gasteiger partial charge in [-0.3, -0.25) is 9.59 Å². The fourth-order valence-electron chi connectivity index (χ4n) is 3.78. The van der Waals surface area contributed by atoms with Crippen LogP contribution in [0.2, 0.25) is 0 Å². The van der Waals surface area contributed by atoms with Crippen LogP contribution in [0.25, 0.3) is 0 Å². The van der Waals surface area contributed by atoms with E-state index in [0.717, 1.165) is 17.7 Å². The molecule has 136 valence electrons. The van der Waals surface area contributed by atoms with E-state index in [4.69, 9.17) is 0 Å². The molecule has 1 unspecified atom stereocenters. The number of hydrogen-bond donors (Lipinski definition) is 0. The average Bonchev–Trinajstić information content (AvgIpc) is 2.63. The van der Waals surface area contributed by atoms with Crippen molar-refractivity contribution in [3.63, 3.8) is 0 Å². The Hall–Kier alpha value is -1.49. The summed E-state index contributed by atoms with van der Waals surface area (Å²) in [6.07, 6.45) is 5.98. The van der Waals surface area contributed by atoms with Crippen molar-refractivity contribution in [3.8, 4) is 0 Å². The van der Waals surface area contributed by atoms with Crippen molar-refractivity contribution < 1.29 is 9.59 Å². The zero-order valence-corrected chi connectivity index (χ0v) is 16.1. The molecular formula is C20H28N2O2S. The summed E-state index contributed by atoms with van der Waals surface area (Å²) in [5.41, 5.74) is 1.22. The Morgan fingerprint density at radius 2 is 1.80 bits per heavy atom. The number of aryl methyl sites for hydroxylation is 1. The van der Waals surface area contributed by atoms with Crippen LogP contribution in [0.3, 0.4) is 0 Å². The third kappa shape index (κ3) is 4.57. The van der Waals surface area contributed by atoms with Crippen LogP contribution >= 0.6 is 11.8 Å². The van der Waals surface area contributed by atoms with Crippen molar-refractivity contribution in [2.24, 2.45) is 0 Å². The summed E-state index contributed by atoms with van der Waals surface area (Å²) in [5.74, 6) is 0.196. The van der Waals surface area contributed by atoms with Crippen LogP contribution in [0.15, 0.2) is 29.2 Å². The van der Waals surface area contributed by atoms with Gasteiger partial charge in [0.05, 0.1) is 11.8 Å². The lowest BCUT2D eigenvalue weighted by Crippen LogP contribution is -2.56. The zero-order valence-electron chi connectivity index (χ0n) is 15.2. The first-order valence-electron chi connectivity index (χ1n) is 9.36. The van der Waals surface area contributed by atoms with Gasteiger partial charge in [-0.05, 0) is 38.8 Å². The Morgan fingerprint density at radius 1 is 1.12 bits per heavy atom. The fourth-order valence-corrected chi connectivity index (χ4v) is 4.73. The van der Waals surface area contributed by atoms with E-state index in [1.165, 1.54) is 24.8 Å². The minimum Gasteiger partial charge on any atom is -0.336 e. The van der Waals surface area contributed by atoms with Gasteiger partial charge in [0.25, 0.3) is 0 Å². The Morgan fingerprint density at radius 3 is 2.44 bits per heavy atom. The molecule has 0 spiro atoms. The van der Waals surface area contributed by atoms with E-state index < -0.39 is 0 Å². The smallest absolute Gasteiger partial charge is 0.242 e. The van der Waals surface area contributed by atoms with Crippen LogP contribution in [0, 0.1) is 6.92 Å².